The molecule has 0 radical (unpaired) electrons. The maximum absolute atomic E-state index is 11.5. The molecular formula is C19H20O3. The van der Waals surface area contributed by atoms with Gasteiger partial charge in [0.1, 0.15) is 17.1 Å². The fourth-order valence-corrected chi connectivity index (χ4v) is 1.96. The molecule has 114 valence electrons. The predicted octanol–water partition coefficient (Wildman–Crippen LogP) is 4.48. The molecule has 0 amide bonds. The summed E-state index contributed by atoms with van der Waals surface area (Å²) in [6, 6.07) is 17.0. The van der Waals surface area contributed by atoms with E-state index in [1.54, 1.807) is 31.2 Å². The highest BCUT2D eigenvalue weighted by Crippen LogP contribution is 2.28. The first kappa shape index (κ1) is 15.8. The van der Waals surface area contributed by atoms with Gasteiger partial charge < -0.3 is 9.47 Å². The average molecular weight is 296 g/mol. The molecule has 2 rings (SSSR count). The van der Waals surface area contributed by atoms with E-state index in [9.17, 15) is 4.79 Å². The van der Waals surface area contributed by atoms with Crippen LogP contribution in [0.2, 0.25) is 0 Å². The lowest BCUT2D eigenvalue weighted by atomic mass is 9.98. The number of ether oxygens (including phenoxy) is 2. The van der Waals surface area contributed by atoms with Crippen molar-refractivity contribution >= 4 is 5.97 Å². The summed E-state index contributed by atoms with van der Waals surface area (Å²) < 4.78 is 11.2. The second-order valence-corrected chi connectivity index (χ2v) is 5.62. The van der Waals surface area contributed by atoms with Gasteiger partial charge in [-0.15, -0.1) is 0 Å². The van der Waals surface area contributed by atoms with Crippen molar-refractivity contribution in [3.05, 3.63) is 72.3 Å². The van der Waals surface area contributed by atoms with Gasteiger partial charge in [0.2, 0.25) is 0 Å². The van der Waals surface area contributed by atoms with E-state index in [0.717, 1.165) is 5.56 Å². The van der Waals surface area contributed by atoms with E-state index in [1.807, 2.05) is 44.2 Å². The summed E-state index contributed by atoms with van der Waals surface area (Å²) in [5.41, 5.74) is 1.01. The lowest BCUT2D eigenvalue weighted by Gasteiger charge is -2.27. The summed E-state index contributed by atoms with van der Waals surface area (Å²) >= 11 is 0. The zero-order chi connectivity index (χ0) is 16.2. The second-order valence-electron chi connectivity index (χ2n) is 5.62. The molecule has 2 aromatic rings. The number of hydrogen-bond acceptors (Lipinski definition) is 3. The van der Waals surface area contributed by atoms with E-state index in [2.05, 4.69) is 6.58 Å². The topological polar surface area (TPSA) is 35.5 Å². The van der Waals surface area contributed by atoms with E-state index in [-0.39, 0.29) is 0 Å². The van der Waals surface area contributed by atoms with Crippen molar-refractivity contribution in [2.75, 3.05) is 0 Å². The molecule has 0 aromatic heterocycles. The van der Waals surface area contributed by atoms with Crippen molar-refractivity contribution in [2.45, 2.75) is 26.4 Å². The van der Waals surface area contributed by atoms with Crippen LogP contribution in [0.1, 0.15) is 26.3 Å². The van der Waals surface area contributed by atoms with E-state index in [1.165, 1.54) is 0 Å². The van der Waals surface area contributed by atoms with Gasteiger partial charge in [-0.3, -0.25) is 0 Å². The molecule has 0 atom stereocenters. The maximum Gasteiger partial charge on any atom is 0.338 e. The summed E-state index contributed by atoms with van der Waals surface area (Å²) in [6.07, 6.45) is 0. The third-order valence-corrected chi connectivity index (χ3v) is 3.22. The Bertz CT molecular complexity index is 655. The fourth-order valence-electron chi connectivity index (χ4n) is 1.96. The zero-order valence-electron chi connectivity index (χ0n) is 13.1. The lowest BCUT2D eigenvalue weighted by Crippen LogP contribution is -2.25. The van der Waals surface area contributed by atoms with Crippen LogP contribution in [0.25, 0.3) is 0 Å². The standard InChI is InChI=1S/C19H20O3/c1-14(2)18(20)21-16-10-12-17(13-11-16)22-19(3,4)15-8-6-5-7-9-15/h5-13H,1H2,2-4H3. The first-order valence-electron chi connectivity index (χ1n) is 7.11. The second kappa shape index (κ2) is 6.48. The number of benzene rings is 2. The van der Waals surface area contributed by atoms with Crippen molar-refractivity contribution in [3.63, 3.8) is 0 Å². The Balaban J connectivity index is 2.08. The van der Waals surface area contributed by atoms with Crippen LogP contribution < -0.4 is 9.47 Å². The molecule has 3 nitrogen and oxygen atoms in total. The minimum atomic E-state index is -0.447. The third-order valence-electron chi connectivity index (χ3n) is 3.22. The van der Waals surface area contributed by atoms with Crippen molar-refractivity contribution in [3.8, 4) is 11.5 Å². The largest absolute Gasteiger partial charge is 0.483 e. The highest BCUT2D eigenvalue weighted by molar-refractivity contribution is 5.88. The van der Waals surface area contributed by atoms with Gasteiger partial charge in [0.05, 0.1) is 0 Å². The number of carbonyl (C=O) groups is 1. The van der Waals surface area contributed by atoms with E-state index >= 15 is 0 Å². The van der Waals surface area contributed by atoms with Crippen molar-refractivity contribution in [1.82, 2.24) is 0 Å². The normalized spacial score (nSPS) is 10.9. The van der Waals surface area contributed by atoms with Crippen LogP contribution in [0.5, 0.6) is 11.5 Å². The van der Waals surface area contributed by atoms with Crippen LogP contribution in [0.15, 0.2) is 66.7 Å². The van der Waals surface area contributed by atoms with Gasteiger partial charge in [-0.25, -0.2) is 4.79 Å². The molecule has 0 spiro atoms. The Hall–Kier alpha value is -2.55. The molecule has 0 N–H and O–H groups in total. The number of hydrogen-bond donors (Lipinski definition) is 0. The SMILES string of the molecule is C=C(C)C(=O)Oc1ccc(OC(C)(C)c2ccccc2)cc1. The molecule has 0 fully saturated rings. The Morgan fingerprint density at radius 1 is 0.955 bits per heavy atom. The zero-order valence-corrected chi connectivity index (χ0v) is 13.1. The van der Waals surface area contributed by atoms with Crippen molar-refractivity contribution < 1.29 is 14.3 Å². The van der Waals surface area contributed by atoms with Crippen molar-refractivity contribution in [1.29, 1.82) is 0 Å². The van der Waals surface area contributed by atoms with Crippen LogP contribution in [0.4, 0.5) is 0 Å². The summed E-state index contributed by atoms with van der Waals surface area (Å²) in [7, 11) is 0. The monoisotopic (exact) mass is 296 g/mol. The quantitative estimate of drug-likeness (QED) is 0.463. The highest BCUT2D eigenvalue weighted by Gasteiger charge is 2.22. The summed E-state index contributed by atoms with van der Waals surface area (Å²) in [5.74, 6) is 0.750. The average Bonchev–Trinajstić information content (AvgIpc) is 2.50. The minimum Gasteiger partial charge on any atom is -0.483 e. The van der Waals surface area contributed by atoms with Gasteiger partial charge in [-0.05, 0) is 50.6 Å². The molecular weight excluding hydrogens is 276 g/mol. The van der Waals surface area contributed by atoms with E-state index < -0.39 is 11.6 Å². The predicted molar refractivity (Wildman–Crippen MR) is 87.0 cm³/mol. The minimum absolute atomic E-state index is 0.366. The molecule has 0 saturated heterocycles. The van der Waals surface area contributed by atoms with Gasteiger partial charge in [0.25, 0.3) is 0 Å². The first-order chi connectivity index (χ1) is 10.4. The molecule has 0 saturated carbocycles. The van der Waals surface area contributed by atoms with Crippen LogP contribution in [-0.2, 0) is 10.4 Å². The third kappa shape index (κ3) is 3.98. The highest BCUT2D eigenvalue weighted by atomic mass is 16.5. The smallest absolute Gasteiger partial charge is 0.338 e. The Morgan fingerprint density at radius 2 is 1.50 bits per heavy atom. The number of esters is 1. The maximum atomic E-state index is 11.5. The lowest BCUT2D eigenvalue weighted by molar-refractivity contribution is -0.130. The molecule has 2 aromatic carbocycles. The van der Waals surface area contributed by atoms with Gasteiger partial charge >= 0.3 is 5.97 Å². The molecule has 22 heavy (non-hydrogen) atoms. The molecule has 0 aliphatic rings. The molecule has 0 heterocycles. The Labute approximate surface area is 131 Å². The van der Waals surface area contributed by atoms with E-state index in [0.29, 0.717) is 17.1 Å². The van der Waals surface area contributed by atoms with Gasteiger partial charge in [0.15, 0.2) is 0 Å². The van der Waals surface area contributed by atoms with Gasteiger partial charge in [0, 0.05) is 5.57 Å². The molecule has 0 bridgehead atoms. The molecule has 3 heteroatoms. The van der Waals surface area contributed by atoms with Crippen LogP contribution in [-0.4, -0.2) is 5.97 Å². The Kier molecular flexibility index (Phi) is 4.66. The summed E-state index contributed by atoms with van der Waals surface area (Å²) in [5, 5.41) is 0. The number of carbonyl (C=O) groups excluding carboxylic acids is 1. The van der Waals surface area contributed by atoms with E-state index in [4.69, 9.17) is 9.47 Å². The molecule has 0 aliphatic carbocycles. The Morgan fingerprint density at radius 3 is 2.05 bits per heavy atom. The van der Waals surface area contributed by atoms with Crippen LogP contribution in [0, 0.1) is 0 Å². The summed E-state index contributed by atoms with van der Waals surface area (Å²) in [6.45, 7) is 9.19. The van der Waals surface area contributed by atoms with Gasteiger partial charge in [-0.1, -0.05) is 36.9 Å². The molecule has 0 aliphatic heterocycles. The fraction of sp³-hybridized carbons (Fsp3) is 0.211. The van der Waals surface area contributed by atoms with Crippen LogP contribution >= 0.6 is 0 Å². The van der Waals surface area contributed by atoms with Gasteiger partial charge in [-0.2, -0.15) is 0 Å². The first-order valence-corrected chi connectivity index (χ1v) is 7.11. The molecule has 0 unspecified atom stereocenters. The summed E-state index contributed by atoms with van der Waals surface area (Å²) in [4.78, 5) is 11.5. The van der Waals surface area contributed by atoms with Crippen molar-refractivity contribution in [2.24, 2.45) is 0 Å². The number of rotatable bonds is 5. The van der Waals surface area contributed by atoms with Crippen LogP contribution in [0.3, 0.4) is 0 Å².